The summed E-state index contributed by atoms with van der Waals surface area (Å²) >= 11 is 0. The fourth-order valence-electron chi connectivity index (χ4n) is 3.19. The highest BCUT2D eigenvalue weighted by atomic mass is 35.5. The number of nitrogens with two attached hydrogens (primary N) is 1. The fourth-order valence-corrected chi connectivity index (χ4v) is 3.19. The van der Waals surface area contributed by atoms with Crippen LogP contribution in [0.5, 0.6) is 0 Å². The molecule has 4 nitrogen and oxygen atoms in total. The molecule has 2 aliphatic heterocycles. The van der Waals surface area contributed by atoms with Gasteiger partial charge in [0.15, 0.2) is 0 Å². The standard InChI is InChI=1S/C16H22N2O2.ClH/c17-10-12-5-7-18(11-12)16(19)9-15-14-4-2-1-3-13(14)6-8-20-15;/h1-4,12,15H,5-11,17H2;1H. The number of rotatable bonds is 3. The molecule has 0 aromatic heterocycles. The Morgan fingerprint density at radius 1 is 1.38 bits per heavy atom. The summed E-state index contributed by atoms with van der Waals surface area (Å²) in [5.74, 6) is 0.668. The molecule has 1 aromatic rings. The SMILES string of the molecule is Cl.NCC1CCN(C(=O)CC2OCCc3ccccc32)C1. The van der Waals surface area contributed by atoms with Gasteiger partial charge in [-0.2, -0.15) is 0 Å². The molecule has 1 amide bonds. The lowest BCUT2D eigenvalue weighted by Gasteiger charge is -2.27. The van der Waals surface area contributed by atoms with Gasteiger partial charge in [0, 0.05) is 13.1 Å². The zero-order valence-corrected chi connectivity index (χ0v) is 13.0. The molecule has 1 aromatic carbocycles. The van der Waals surface area contributed by atoms with E-state index in [0.29, 0.717) is 25.5 Å². The number of ether oxygens (including phenoxy) is 1. The summed E-state index contributed by atoms with van der Waals surface area (Å²) in [6.07, 6.45) is 2.35. The van der Waals surface area contributed by atoms with Crippen molar-refractivity contribution in [2.75, 3.05) is 26.2 Å². The van der Waals surface area contributed by atoms with Gasteiger partial charge in [-0.1, -0.05) is 24.3 Å². The van der Waals surface area contributed by atoms with E-state index in [4.69, 9.17) is 10.5 Å². The van der Waals surface area contributed by atoms with E-state index in [2.05, 4.69) is 18.2 Å². The summed E-state index contributed by atoms with van der Waals surface area (Å²) in [4.78, 5) is 14.3. The van der Waals surface area contributed by atoms with Crippen molar-refractivity contribution in [3.05, 3.63) is 35.4 Å². The van der Waals surface area contributed by atoms with Gasteiger partial charge in [0.2, 0.25) is 5.91 Å². The summed E-state index contributed by atoms with van der Waals surface area (Å²) in [6, 6.07) is 8.29. The molecule has 3 rings (SSSR count). The van der Waals surface area contributed by atoms with Gasteiger partial charge in [-0.05, 0) is 36.4 Å². The van der Waals surface area contributed by atoms with Crippen LogP contribution >= 0.6 is 12.4 Å². The molecule has 2 N–H and O–H groups in total. The number of carbonyl (C=O) groups excluding carboxylic acids is 1. The number of fused-ring (bicyclic) bond motifs is 1. The van der Waals surface area contributed by atoms with Crippen LogP contribution in [0.2, 0.25) is 0 Å². The first kappa shape index (κ1) is 16.3. The van der Waals surface area contributed by atoms with Crippen molar-refractivity contribution in [1.82, 2.24) is 4.90 Å². The maximum absolute atomic E-state index is 12.4. The average molecular weight is 311 g/mol. The van der Waals surface area contributed by atoms with E-state index in [-0.39, 0.29) is 24.4 Å². The van der Waals surface area contributed by atoms with Gasteiger partial charge < -0.3 is 15.4 Å². The van der Waals surface area contributed by atoms with Crippen LogP contribution in [0.1, 0.15) is 30.1 Å². The molecular formula is C16H23ClN2O2. The average Bonchev–Trinajstić information content (AvgIpc) is 2.97. The van der Waals surface area contributed by atoms with Gasteiger partial charge in [0.05, 0.1) is 19.1 Å². The Labute approximate surface area is 132 Å². The maximum Gasteiger partial charge on any atom is 0.225 e. The van der Waals surface area contributed by atoms with Crippen molar-refractivity contribution >= 4 is 18.3 Å². The zero-order chi connectivity index (χ0) is 13.9. The van der Waals surface area contributed by atoms with Crippen molar-refractivity contribution in [2.45, 2.75) is 25.4 Å². The van der Waals surface area contributed by atoms with E-state index in [1.54, 1.807) is 0 Å². The van der Waals surface area contributed by atoms with Gasteiger partial charge in [0.25, 0.3) is 0 Å². The van der Waals surface area contributed by atoms with E-state index >= 15 is 0 Å². The van der Waals surface area contributed by atoms with Crippen LogP contribution < -0.4 is 5.73 Å². The van der Waals surface area contributed by atoms with E-state index in [1.165, 1.54) is 11.1 Å². The van der Waals surface area contributed by atoms with E-state index in [9.17, 15) is 4.79 Å². The fraction of sp³-hybridized carbons (Fsp3) is 0.562. The summed E-state index contributed by atoms with van der Waals surface area (Å²) < 4.78 is 5.82. The number of carbonyl (C=O) groups is 1. The number of nitrogens with zero attached hydrogens (tertiary/aromatic N) is 1. The van der Waals surface area contributed by atoms with Crippen LogP contribution in [0.3, 0.4) is 0 Å². The minimum atomic E-state index is -0.0793. The third kappa shape index (κ3) is 3.57. The molecule has 0 spiro atoms. The first-order valence-electron chi connectivity index (χ1n) is 7.45. The Morgan fingerprint density at radius 2 is 2.19 bits per heavy atom. The monoisotopic (exact) mass is 310 g/mol. The lowest BCUT2D eigenvalue weighted by atomic mass is 9.95. The number of hydrogen-bond acceptors (Lipinski definition) is 3. The molecule has 0 radical (unpaired) electrons. The number of halogens is 1. The summed E-state index contributed by atoms with van der Waals surface area (Å²) in [5.41, 5.74) is 8.18. The molecule has 2 aliphatic rings. The molecule has 2 heterocycles. The molecule has 2 unspecified atom stereocenters. The molecule has 116 valence electrons. The highest BCUT2D eigenvalue weighted by Gasteiger charge is 2.29. The molecule has 1 fully saturated rings. The van der Waals surface area contributed by atoms with E-state index < -0.39 is 0 Å². The predicted molar refractivity (Wildman–Crippen MR) is 84.4 cm³/mol. The largest absolute Gasteiger partial charge is 0.373 e. The number of benzene rings is 1. The molecule has 21 heavy (non-hydrogen) atoms. The Hall–Kier alpha value is -1.10. The van der Waals surface area contributed by atoms with E-state index in [1.807, 2.05) is 11.0 Å². The molecular weight excluding hydrogens is 288 g/mol. The topological polar surface area (TPSA) is 55.6 Å². The molecule has 0 bridgehead atoms. The van der Waals surface area contributed by atoms with Crippen LogP contribution in [0.4, 0.5) is 0 Å². The van der Waals surface area contributed by atoms with Crippen LogP contribution in [-0.4, -0.2) is 37.0 Å². The molecule has 1 saturated heterocycles. The third-order valence-electron chi connectivity index (χ3n) is 4.42. The molecule has 0 saturated carbocycles. The van der Waals surface area contributed by atoms with Crippen LogP contribution in [0, 0.1) is 5.92 Å². The van der Waals surface area contributed by atoms with Crippen molar-refractivity contribution in [1.29, 1.82) is 0 Å². The first-order chi connectivity index (χ1) is 9.78. The van der Waals surface area contributed by atoms with Gasteiger partial charge in [-0.15, -0.1) is 12.4 Å². The summed E-state index contributed by atoms with van der Waals surface area (Å²) in [7, 11) is 0. The minimum Gasteiger partial charge on any atom is -0.373 e. The van der Waals surface area contributed by atoms with Gasteiger partial charge in [0.1, 0.15) is 0 Å². The third-order valence-corrected chi connectivity index (χ3v) is 4.42. The predicted octanol–water partition coefficient (Wildman–Crippen LogP) is 1.92. The number of likely N-dealkylation sites (tertiary alicyclic amines) is 1. The van der Waals surface area contributed by atoms with Gasteiger partial charge >= 0.3 is 0 Å². The van der Waals surface area contributed by atoms with Crippen LogP contribution in [0.15, 0.2) is 24.3 Å². The second-order valence-corrected chi connectivity index (χ2v) is 5.74. The lowest BCUT2D eigenvalue weighted by molar-refractivity contribution is -0.133. The summed E-state index contributed by atoms with van der Waals surface area (Å²) in [6.45, 7) is 3.03. The molecule has 5 heteroatoms. The Bertz CT molecular complexity index is 495. The smallest absolute Gasteiger partial charge is 0.225 e. The molecule has 2 atom stereocenters. The zero-order valence-electron chi connectivity index (χ0n) is 12.2. The van der Waals surface area contributed by atoms with Crippen LogP contribution in [-0.2, 0) is 16.0 Å². The second kappa shape index (κ2) is 7.25. The van der Waals surface area contributed by atoms with Crippen molar-refractivity contribution in [3.8, 4) is 0 Å². The first-order valence-corrected chi connectivity index (χ1v) is 7.45. The van der Waals surface area contributed by atoms with Gasteiger partial charge in [-0.3, -0.25) is 4.79 Å². The Balaban J connectivity index is 0.00000161. The highest BCUT2D eigenvalue weighted by Crippen LogP contribution is 2.30. The number of hydrogen-bond donors (Lipinski definition) is 1. The highest BCUT2D eigenvalue weighted by molar-refractivity contribution is 5.85. The Kier molecular flexibility index (Phi) is 5.62. The van der Waals surface area contributed by atoms with Gasteiger partial charge in [-0.25, -0.2) is 0 Å². The van der Waals surface area contributed by atoms with Crippen molar-refractivity contribution < 1.29 is 9.53 Å². The van der Waals surface area contributed by atoms with E-state index in [0.717, 1.165) is 25.9 Å². The Morgan fingerprint density at radius 3 is 2.95 bits per heavy atom. The quantitative estimate of drug-likeness (QED) is 0.928. The lowest BCUT2D eigenvalue weighted by Crippen LogP contribution is -2.32. The van der Waals surface area contributed by atoms with Crippen LogP contribution in [0.25, 0.3) is 0 Å². The summed E-state index contributed by atoms with van der Waals surface area (Å²) in [5, 5.41) is 0. The normalized spacial score (nSPS) is 24.3. The number of amides is 1. The maximum atomic E-state index is 12.4. The van der Waals surface area contributed by atoms with Crippen molar-refractivity contribution in [2.24, 2.45) is 11.7 Å². The minimum absolute atomic E-state index is 0. The molecule has 0 aliphatic carbocycles. The second-order valence-electron chi connectivity index (χ2n) is 5.74. The van der Waals surface area contributed by atoms with Crippen molar-refractivity contribution in [3.63, 3.8) is 0 Å².